The molecule has 0 atom stereocenters. The normalized spacial score (nSPS) is 10.2. The lowest BCUT2D eigenvalue weighted by Crippen LogP contribution is -2.32. The lowest BCUT2D eigenvalue weighted by Gasteiger charge is -2.20. The average molecular weight is 276 g/mol. The molecule has 20 heavy (non-hydrogen) atoms. The molecule has 110 valence electrons. The van der Waals surface area contributed by atoms with Crippen molar-refractivity contribution in [1.82, 2.24) is 4.90 Å². The van der Waals surface area contributed by atoms with Crippen LogP contribution in [0.25, 0.3) is 0 Å². The van der Waals surface area contributed by atoms with E-state index in [0.29, 0.717) is 13.0 Å². The summed E-state index contributed by atoms with van der Waals surface area (Å²) in [6.07, 6.45) is 2.34. The zero-order valence-corrected chi connectivity index (χ0v) is 12.6. The summed E-state index contributed by atoms with van der Waals surface area (Å²) in [5.74, 6) is -0.0295. The molecule has 1 aromatic carbocycles. The van der Waals surface area contributed by atoms with Gasteiger partial charge in [-0.3, -0.25) is 9.59 Å². The Bertz CT molecular complexity index is 440. The zero-order valence-electron chi connectivity index (χ0n) is 12.6. The molecule has 0 aliphatic carbocycles. The Morgan fingerprint density at radius 2 is 1.80 bits per heavy atom. The predicted octanol–water partition coefficient (Wildman–Crippen LogP) is 2.97. The van der Waals surface area contributed by atoms with Gasteiger partial charge in [-0.05, 0) is 25.5 Å². The number of anilines is 1. The van der Waals surface area contributed by atoms with Crippen molar-refractivity contribution in [1.29, 1.82) is 0 Å². The van der Waals surface area contributed by atoms with Crippen molar-refractivity contribution < 1.29 is 9.59 Å². The van der Waals surface area contributed by atoms with Crippen LogP contribution in [-0.2, 0) is 9.59 Å². The van der Waals surface area contributed by atoms with E-state index in [1.807, 2.05) is 31.2 Å². The van der Waals surface area contributed by atoms with E-state index in [0.717, 1.165) is 30.6 Å². The minimum Gasteiger partial charge on any atom is -0.342 e. The maximum absolute atomic E-state index is 11.8. The van der Waals surface area contributed by atoms with Gasteiger partial charge in [-0.1, -0.05) is 31.0 Å². The van der Waals surface area contributed by atoms with Crippen molar-refractivity contribution in [2.24, 2.45) is 0 Å². The van der Waals surface area contributed by atoms with E-state index in [1.54, 1.807) is 11.8 Å². The van der Waals surface area contributed by atoms with Gasteiger partial charge >= 0.3 is 0 Å². The topological polar surface area (TPSA) is 49.4 Å². The number of hydrogen-bond acceptors (Lipinski definition) is 2. The first kappa shape index (κ1) is 16.2. The number of nitrogens with one attached hydrogen (secondary N) is 1. The van der Waals surface area contributed by atoms with E-state index >= 15 is 0 Å². The fraction of sp³-hybridized carbons (Fsp3) is 0.500. The summed E-state index contributed by atoms with van der Waals surface area (Å²) in [5, 5.41) is 2.84. The van der Waals surface area contributed by atoms with Crippen molar-refractivity contribution in [3.8, 4) is 0 Å². The van der Waals surface area contributed by atoms with Gasteiger partial charge in [0.15, 0.2) is 0 Å². The van der Waals surface area contributed by atoms with Crippen LogP contribution in [-0.4, -0.2) is 29.8 Å². The highest BCUT2D eigenvalue weighted by atomic mass is 16.2. The SMILES string of the molecule is CCCCN(CCC(=O)Nc1ccc(C)cc1)C(C)=O. The van der Waals surface area contributed by atoms with E-state index in [4.69, 9.17) is 0 Å². The van der Waals surface area contributed by atoms with Gasteiger partial charge in [-0.15, -0.1) is 0 Å². The van der Waals surface area contributed by atoms with E-state index in [9.17, 15) is 9.59 Å². The summed E-state index contributed by atoms with van der Waals surface area (Å²) >= 11 is 0. The largest absolute Gasteiger partial charge is 0.342 e. The van der Waals surface area contributed by atoms with Crippen LogP contribution in [0, 0.1) is 6.92 Å². The maximum atomic E-state index is 11.8. The molecule has 1 rings (SSSR count). The smallest absolute Gasteiger partial charge is 0.226 e. The molecule has 0 fully saturated rings. The minimum absolute atomic E-state index is 0.0292. The number of amides is 2. The van der Waals surface area contributed by atoms with Crippen LogP contribution < -0.4 is 5.32 Å². The van der Waals surface area contributed by atoms with E-state index < -0.39 is 0 Å². The van der Waals surface area contributed by atoms with E-state index in [2.05, 4.69) is 12.2 Å². The van der Waals surface area contributed by atoms with Gasteiger partial charge in [0.25, 0.3) is 0 Å². The Morgan fingerprint density at radius 1 is 1.15 bits per heavy atom. The second kappa shape index (κ2) is 8.35. The van der Waals surface area contributed by atoms with Crippen LogP contribution >= 0.6 is 0 Å². The van der Waals surface area contributed by atoms with Gasteiger partial charge in [0.05, 0.1) is 0 Å². The Balaban J connectivity index is 2.41. The van der Waals surface area contributed by atoms with Crippen molar-refractivity contribution in [3.05, 3.63) is 29.8 Å². The van der Waals surface area contributed by atoms with Crippen LogP contribution in [0.5, 0.6) is 0 Å². The quantitative estimate of drug-likeness (QED) is 0.832. The molecule has 0 aromatic heterocycles. The summed E-state index contributed by atoms with van der Waals surface area (Å²) in [4.78, 5) is 25.0. The first-order chi connectivity index (χ1) is 9.52. The monoisotopic (exact) mass is 276 g/mol. The van der Waals surface area contributed by atoms with Crippen LogP contribution in [0.15, 0.2) is 24.3 Å². The maximum Gasteiger partial charge on any atom is 0.226 e. The highest BCUT2D eigenvalue weighted by molar-refractivity contribution is 5.91. The van der Waals surface area contributed by atoms with Crippen LogP contribution in [0.1, 0.15) is 38.7 Å². The van der Waals surface area contributed by atoms with Crippen LogP contribution in [0.3, 0.4) is 0 Å². The molecular weight excluding hydrogens is 252 g/mol. The highest BCUT2D eigenvalue weighted by Crippen LogP contribution is 2.09. The Morgan fingerprint density at radius 3 is 2.35 bits per heavy atom. The molecule has 0 saturated carbocycles. The summed E-state index contributed by atoms with van der Waals surface area (Å²) in [6, 6.07) is 7.68. The van der Waals surface area contributed by atoms with Gasteiger partial charge in [-0.2, -0.15) is 0 Å². The van der Waals surface area contributed by atoms with Crippen molar-refractivity contribution >= 4 is 17.5 Å². The summed E-state index contributed by atoms with van der Waals surface area (Å²) in [5.41, 5.74) is 1.95. The molecule has 0 aliphatic heterocycles. The molecule has 0 bridgehead atoms. The number of nitrogens with zero attached hydrogens (tertiary/aromatic N) is 1. The third-order valence-electron chi connectivity index (χ3n) is 3.17. The Labute approximate surface area is 121 Å². The lowest BCUT2D eigenvalue weighted by molar-refractivity contribution is -0.129. The lowest BCUT2D eigenvalue weighted by atomic mass is 10.2. The van der Waals surface area contributed by atoms with Crippen molar-refractivity contribution in [2.45, 2.75) is 40.0 Å². The molecule has 0 saturated heterocycles. The molecule has 0 spiro atoms. The number of carbonyl (C=O) groups excluding carboxylic acids is 2. The second-order valence-corrected chi connectivity index (χ2v) is 5.02. The van der Waals surface area contributed by atoms with Gasteiger partial charge in [0.1, 0.15) is 0 Å². The van der Waals surface area contributed by atoms with Crippen molar-refractivity contribution in [3.63, 3.8) is 0 Å². The standard InChI is InChI=1S/C16H24N2O2/c1-4-5-11-18(14(3)19)12-10-16(20)17-15-8-6-13(2)7-9-15/h6-9H,4-5,10-12H2,1-3H3,(H,17,20). The molecule has 0 unspecified atom stereocenters. The average Bonchev–Trinajstić information content (AvgIpc) is 2.41. The molecular formula is C16H24N2O2. The molecule has 0 radical (unpaired) electrons. The number of carbonyl (C=O) groups is 2. The summed E-state index contributed by atoms with van der Waals surface area (Å²) < 4.78 is 0. The fourth-order valence-corrected chi connectivity index (χ4v) is 1.87. The van der Waals surface area contributed by atoms with Gasteiger partial charge < -0.3 is 10.2 Å². The summed E-state index contributed by atoms with van der Waals surface area (Å²) in [6.45, 7) is 6.84. The molecule has 4 nitrogen and oxygen atoms in total. The van der Waals surface area contributed by atoms with Crippen LogP contribution in [0.4, 0.5) is 5.69 Å². The molecule has 1 N–H and O–H groups in total. The third-order valence-corrected chi connectivity index (χ3v) is 3.17. The van der Waals surface area contributed by atoms with Gasteiger partial charge in [-0.25, -0.2) is 0 Å². The van der Waals surface area contributed by atoms with Crippen LogP contribution in [0.2, 0.25) is 0 Å². The Kier molecular flexibility index (Phi) is 6.77. The molecule has 1 aromatic rings. The van der Waals surface area contributed by atoms with Crippen molar-refractivity contribution in [2.75, 3.05) is 18.4 Å². The number of hydrogen-bond donors (Lipinski definition) is 1. The highest BCUT2D eigenvalue weighted by Gasteiger charge is 2.10. The number of benzene rings is 1. The Hall–Kier alpha value is -1.84. The predicted molar refractivity (Wildman–Crippen MR) is 81.6 cm³/mol. The van der Waals surface area contributed by atoms with Gasteiger partial charge in [0, 0.05) is 32.1 Å². The second-order valence-electron chi connectivity index (χ2n) is 5.02. The molecule has 0 heterocycles. The molecule has 4 heteroatoms. The number of rotatable bonds is 7. The fourth-order valence-electron chi connectivity index (χ4n) is 1.87. The van der Waals surface area contributed by atoms with Gasteiger partial charge in [0.2, 0.25) is 11.8 Å². The first-order valence-corrected chi connectivity index (χ1v) is 7.15. The zero-order chi connectivity index (χ0) is 15.0. The number of unbranched alkanes of at least 4 members (excludes halogenated alkanes) is 1. The first-order valence-electron chi connectivity index (χ1n) is 7.15. The molecule has 2 amide bonds. The summed E-state index contributed by atoms with van der Waals surface area (Å²) in [7, 11) is 0. The third kappa shape index (κ3) is 5.87. The van der Waals surface area contributed by atoms with E-state index in [1.165, 1.54) is 0 Å². The molecule has 0 aliphatic rings. The van der Waals surface area contributed by atoms with E-state index in [-0.39, 0.29) is 11.8 Å². The minimum atomic E-state index is -0.0587. The number of aryl methyl sites for hydroxylation is 1.